The highest BCUT2D eigenvalue weighted by molar-refractivity contribution is 6.30. The molecule has 2 unspecified atom stereocenters. The van der Waals surface area contributed by atoms with Crippen LogP contribution >= 0.6 is 11.6 Å². The van der Waals surface area contributed by atoms with Crippen molar-refractivity contribution in [3.05, 3.63) is 118 Å². The number of alkyl halides is 3. The fourth-order valence-corrected chi connectivity index (χ4v) is 5.34. The number of benzene rings is 4. The second kappa shape index (κ2) is 15.6. The van der Waals surface area contributed by atoms with Crippen LogP contribution in [-0.2, 0) is 9.63 Å². The first-order valence-electron chi connectivity index (χ1n) is 14.7. The summed E-state index contributed by atoms with van der Waals surface area (Å²) in [6.45, 7) is 4.00. The molecule has 4 aromatic carbocycles. The highest BCUT2D eigenvalue weighted by Crippen LogP contribution is 2.39. The molecule has 0 saturated heterocycles. The van der Waals surface area contributed by atoms with Crippen molar-refractivity contribution in [2.45, 2.75) is 51.5 Å². The summed E-state index contributed by atoms with van der Waals surface area (Å²) in [4.78, 5) is 29.6. The number of halogens is 4. The third-order valence-corrected chi connectivity index (χ3v) is 7.56. The number of anilines is 1. The molecule has 0 aliphatic heterocycles. The summed E-state index contributed by atoms with van der Waals surface area (Å²) in [5.41, 5.74) is 8.59. The minimum absolute atomic E-state index is 0.00426. The molecule has 0 aromatic heterocycles. The van der Waals surface area contributed by atoms with Crippen molar-refractivity contribution in [2.75, 3.05) is 12.0 Å². The third-order valence-electron chi connectivity index (χ3n) is 7.32. The zero-order valence-electron chi connectivity index (χ0n) is 25.2. The maximum absolute atomic E-state index is 12.8. The van der Waals surface area contributed by atoms with Gasteiger partial charge in [-0.05, 0) is 89.7 Å². The quantitative estimate of drug-likeness (QED) is 0.117. The number of rotatable bonds is 14. The van der Waals surface area contributed by atoms with Gasteiger partial charge in [0.15, 0.2) is 0 Å². The average Bonchev–Trinajstić information content (AvgIpc) is 3.01. The molecule has 0 heterocycles. The molecule has 4 aromatic rings. The van der Waals surface area contributed by atoms with Crippen molar-refractivity contribution in [1.82, 2.24) is 5.32 Å². The minimum atomic E-state index is -4.82. The van der Waals surface area contributed by atoms with E-state index in [-0.39, 0.29) is 24.6 Å². The normalized spacial score (nSPS) is 12.7. The minimum Gasteiger partial charge on any atom is -0.481 e. The molecule has 0 bridgehead atoms. The Hall–Kier alpha value is -4.54. The number of carboxylic acid groups (broad SMARTS) is 1. The lowest BCUT2D eigenvalue weighted by molar-refractivity contribution is -0.274. The van der Waals surface area contributed by atoms with Crippen LogP contribution in [0.1, 0.15) is 65.3 Å². The topological polar surface area (TPSA) is 96.9 Å². The van der Waals surface area contributed by atoms with E-state index in [1.165, 1.54) is 24.3 Å². The van der Waals surface area contributed by atoms with Crippen molar-refractivity contribution in [3.63, 3.8) is 0 Å². The number of amides is 1. The van der Waals surface area contributed by atoms with Crippen LogP contribution in [0.15, 0.2) is 91.0 Å². The molecule has 0 saturated carbocycles. The van der Waals surface area contributed by atoms with Crippen LogP contribution in [0.3, 0.4) is 0 Å². The lowest BCUT2D eigenvalue weighted by Crippen LogP contribution is -2.26. The van der Waals surface area contributed by atoms with E-state index in [0.717, 1.165) is 28.7 Å². The zero-order valence-corrected chi connectivity index (χ0v) is 26.0. The molecular weight excluding hydrogens is 621 g/mol. The highest BCUT2D eigenvalue weighted by atomic mass is 35.5. The van der Waals surface area contributed by atoms with Gasteiger partial charge < -0.3 is 15.2 Å². The monoisotopic (exact) mass is 654 g/mol. The number of nitrogens with one attached hydrogen (secondary N) is 2. The lowest BCUT2D eigenvalue weighted by atomic mass is 9.85. The Kier molecular flexibility index (Phi) is 11.7. The van der Waals surface area contributed by atoms with Gasteiger partial charge in [0.05, 0.1) is 12.1 Å². The summed E-state index contributed by atoms with van der Waals surface area (Å²) in [5, 5.41) is 12.1. The summed E-state index contributed by atoms with van der Waals surface area (Å²) < 4.78 is 42.5. The van der Waals surface area contributed by atoms with Crippen LogP contribution < -0.4 is 15.5 Å². The molecule has 0 aliphatic rings. The van der Waals surface area contributed by atoms with E-state index >= 15 is 0 Å². The van der Waals surface area contributed by atoms with Crippen LogP contribution in [0.5, 0.6) is 5.75 Å². The van der Waals surface area contributed by atoms with E-state index < -0.39 is 24.3 Å². The number of aliphatic carboxylic acids is 1. The van der Waals surface area contributed by atoms with Gasteiger partial charge in [-0.2, -0.15) is 0 Å². The Morgan fingerprint density at radius 3 is 2.15 bits per heavy atom. The van der Waals surface area contributed by atoms with Crippen molar-refractivity contribution in [3.8, 4) is 16.9 Å². The Morgan fingerprint density at radius 2 is 1.57 bits per heavy atom. The predicted molar refractivity (Wildman–Crippen MR) is 171 cm³/mol. The van der Waals surface area contributed by atoms with E-state index in [1.54, 1.807) is 24.3 Å². The van der Waals surface area contributed by atoms with E-state index in [1.807, 2.05) is 56.3 Å². The van der Waals surface area contributed by atoms with Gasteiger partial charge in [0, 0.05) is 23.0 Å². The second-order valence-corrected chi connectivity index (χ2v) is 11.1. The van der Waals surface area contributed by atoms with Gasteiger partial charge in [-0.1, -0.05) is 67.4 Å². The van der Waals surface area contributed by atoms with Crippen LogP contribution in [0.4, 0.5) is 18.9 Å². The molecule has 0 radical (unpaired) electrons. The van der Waals surface area contributed by atoms with E-state index in [2.05, 4.69) is 15.5 Å². The van der Waals surface area contributed by atoms with Gasteiger partial charge >= 0.3 is 12.3 Å². The fourth-order valence-electron chi connectivity index (χ4n) is 5.11. The molecule has 0 aliphatic carbocycles. The van der Waals surface area contributed by atoms with Gasteiger partial charge in [-0.15, -0.1) is 13.2 Å². The number of carboxylic acids is 1. The standard InChI is InChI=1S/C35H34ClF3N2O5/c1-3-4-31(24-5-7-26(8-6-24)34(44)40-20-19-32(42)43)33(25-11-16-29(17-12-25)45-35(37,38)39)46-41-28-14-9-23(10-15-28)30-18-13-27(36)21-22(30)2/h5-18,21,31,33,41H,3-4,19-20H2,1-2H3,(H,40,44)(H,42,43). The first-order chi connectivity index (χ1) is 21.9. The van der Waals surface area contributed by atoms with Crippen LogP contribution in [-0.4, -0.2) is 29.9 Å². The average molecular weight is 655 g/mol. The molecule has 0 fully saturated rings. The molecule has 4 rings (SSSR count). The Bertz CT molecular complexity index is 1610. The molecule has 242 valence electrons. The lowest BCUT2D eigenvalue weighted by Gasteiger charge is -2.28. The first-order valence-corrected chi connectivity index (χ1v) is 15.0. The first kappa shape index (κ1) is 34.3. The smallest absolute Gasteiger partial charge is 0.481 e. The second-order valence-electron chi connectivity index (χ2n) is 10.7. The SMILES string of the molecule is CCCC(c1ccc(C(=O)NCCC(=O)O)cc1)C(ONc1ccc(-c2ccc(Cl)cc2C)cc1)c1ccc(OC(F)(F)F)cc1. The van der Waals surface area contributed by atoms with Crippen molar-refractivity contribution >= 4 is 29.2 Å². The summed E-state index contributed by atoms with van der Waals surface area (Å²) in [6, 6.07) is 25.8. The van der Waals surface area contributed by atoms with Gasteiger partial charge in [0.25, 0.3) is 5.91 Å². The van der Waals surface area contributed by atoms with Gasteiger partial charge in [0.2, 0.25) is 0 Å². The number of carbonyl (C=O) groups excluding carboxylic acids is 1. The number of carbonyl (C=O) groups is 2. The maximum Gasteiger partial charge on any atom is 0.573 e. The van der Waals surface area contributed by atoms with Crippen LogP contribution in [0.2, 0.25) is 5.02 Å². The Labute approximate surface area is 270 Å². The van der Waals surface area contributed by atoms with E-state index in [9.17, 15) is 22.8 Å². The highest BCUT2D eigenvalue weighted by Gasteiger charge is 2.32. The predicted octanol–water partition coefficient (Wildman–Crippen LogP) is 9.09. The fraction of sp³-hybridized carbons (Fsp3) is 0.257. The molecular formula is C35H34ClF3N2O5. The molecule has 3 N–H and O–H groups in total. The Morgan fingerprint density at radius 1 is 0.913 bits per heavy atom. The Balaban J connectivity index is 1.59. The molecule has 46 heavy (non-hydrogen) atoms. The van der Waals surface area contributed by atoms with E-state index in [0.29, 0.717) is 28.3 Å². The number of hydrogen-bond donors (Lipinski definition) is 3. The summed E-state index contributed by atoms with van der Waals surface area (Å²) in [7, 11) is 0. The zero-order chi connectivity index (χ0) is 33.3. The van der Waals surface area contributed by atoms with Crippen molar-refractivity contribution in [1.29, 1.82) is 0 Å². The van der Waals surface area contributed by atoms with Gasteiger partial charge in [-0.25, -0.2) is 0 Å². The summed E-state index contributed by atoms with van der Waals surface area (Å²) in [5.74, 6) is -2.01. The molecule has 1 amide bonds. The van der Waals surface area contributed by atoms with Crippen molar-refractivity contribution < 1.29 is 37.4 Å². The third kappa shape index (κ3) is 9.73. The van der Waals surface area contributed by atoms with Gasteiger partial charge in [0.1, 0.15) is 11.9 Å². The van der Waals surface area contributed by atoms with Crippen LogP contribution in [0.25, 0.3) is 11.1 Å². The molecule has 2 atom stereocenters. The summed E-state index contributed by atoms with van der Waals surface area (Å²) in [6.07, 6.45) is -4.22. The van der Waals surface area contributed by atoms with Crippen molar-refractivity contribution in [2.24, 2.45) is 0 Å². The van der Waals surface area contributed by atoms with E-state index in [4.69, 9.17) is 21.5 Å². The summed E-state index contributed by atoms with van der Waals surface area (Å²) >= 11 is 6.11. The van der Waals surface area contributed by atoms with Crippen LogP contribution in [0, 0.1) is 6.92 Å². The largest absolute Gasteiger partial charge is 0.573 e. The molecule has 0 spiro atoms. The molecule has 7 nitrogen and oxygen atoms in total. The maximum atomic E-state index is 12.8. The van der Waals surface area contributed by atoms with Gasteiger partial charge in [-0.3, -0.25) is 19.9 Å². The number of aryl methyl sites for hydroxylation is 1. The number of hydrogen-bond acceptors (Lipinski definition) is 5. The molecule has 11 heteroatoms. The number of ether oxygens (including phenoxy) is 1.